The summed E-state index contributed by atoms with van der Waals surface area (Å²) in [5.41, 5.74) is 3.41. The van der Waals surface area contributed by atoms with Gasteiger partial charge in [0.1, 0.15) is 6.04 Å². The summed E-state index contributed by atoms with van der Waals surface area (Å²) in [6.45, 7) is 12.6. The predicted molar refractivity (Wildman–Crippen MR) is 87.0 cm³/mol. The molecule has 2 atom stereocenters. The molecule has 0 bridgehead atoms. The molecule has 1 aliphatic heterocycles. The third-order valence-corrected chi connectivity index (χ3v) is 4.66. The minimum Gasteiger partial charge on any atom is -0.480 e. The van der Waals surface area contributed by atoms with Gasteiger partial charge in [-0.25, -0.2) is 4.79 Å². The van der Waals surface area contributed by atoms with Crippen molar-refractivity contribution in [2.75, 3.05) is 4.90 Å². The number of carboxylic acids is 1. The van der Waals surface area contributed by atoms with Crippen LogP contribution in [0.3, 0.4) is 0 Å². The molecule has 2 rings (SSSR count). The highest BCUT2D eigenvalue weighted by Gasteiger charge is 2.44. The van der Waals surface area contributed by atoms with Crippen molar-refractivity contribution >= 4 is 11.7 Å². The molecule has 21 heavy (non-hydrogen) atoms. The molecule has 0 unspecified atom stereocenters. The average molecular weight is 289 g/mol. The molecule has 0 spiro atoms. The second kappa shape index (κ2) is 5.36. The quantitative estimate of drug-likeness (QED) is 0.906. The Balaban J connectivity index is 2.68. The second-order valence-corrected chi connectivity index (χ2v) is 7.33. The van der Waals surface area contributed by atoms with E-state index in [0.717, 1.165) is 12.1 Å². The fraction of sp³-hybridized carbons (Fsp3) is 0.611. The van der Waals surface area contributed by atoms with Crippen molar-refractivity contribution < 1.29 is 9.90 Å². The zero-order valence-electron chi connectivity index (χ0n) is 14.0. The molecular formula is C18H27NO2. The number of hydrogen-bond donors (Lipinski definition) is 1. The molecule has 0 radical (unpaired) electrons. The van der Waals surface area contributed by atoms with Gasteiger partial charge in [0.2, 0.25) is 0 Å². The summed E-state index contributed by atoms with van der Waals surface area (Å²) in [7, 11) is 0. The molecule has 0 aromatic heterocycles. The number of aryl methyl sites for hydroxylation is 1. The van der Waals surface area contributed by atoms with E-state index in [1.807, 2.05) is 13.8 Å². The number of benzene rings is 1. The Morgan fingerprint density at radius 3 is 2.52 bits per heavy atom. The van der Waals surface area contributed by atoms with Gasteiger partial charge in [-0.1, -0.05) is 39.0 Å². The topological polar surface area (TPSA) is 40.5 Å². The number of nitrogens with zero attached hydrogens (tertiary/aromatic N) is 1. The molecule has 0 amide bonds. The SMILES string of the molecule is Cc1cccc2c1N([C@@H](C(=O)O)C(C)C)C(C)(C)C[C@H]2C. The molecule has 3 nitrogen and oxygen atoms in total. The number of hydrogen-bond acceptors (Lipinski definition) is 2. The van der Waals surface area contributed by atoms with Crippen LogP contribution in [0.5, 0.6) is 0 Å². The van der Waals surface area contributed by atoms with E-state index in [1.54, 1.807) is 0 Å². The van der Waals surface area contributed by atoms with Crippen LogP contribution < -0.4 is 4.90 Å². The molecule has 1 aromatic carbocycles. The third kappa shape index (κ3) is 2.66. The maximum absolute atomic E-state index is 11.9. The number of carbonyl (C=O) groups is 1. The molecule has 0 saturated carbocycles. The van der Waals surface area contributed by atoms with E-state index >= 15 is 0 Å². The summed E-state index contributed by atoms with van der Waals surface area (Å²) >= 11 is 0. The number of aliphatic carboxylic acids is 1. The Labute approximate surface area is 128 Å². The summed E-state index contributed by atoms with van der Waals surface area (Å²) in [6.07, 6.45) is 0.972. The van der Waals surface area contributed by atoms with Gasteiger partial charge >= 0.3 is 5.97 Å². The summed E-state index contributed by atoms with van der Waals surface area (Å²) in [4.78, 5) is 14.0. The molecule has 3 heteroatoms. The Bertz CT molecular complexity index is 548. The molecule has 116 valence electrons. The van der Waals surface area contributed by atoms with E-state index in [2.05, 4.69) is 50.8 Å². The molecule has 0 saturated heterocycles. The second-order valence-electron chi connectivity index (χ2n) is 7.33. The largest absolute Gasteiger partial charge is 0.480 e. The first-order valence-corrected chi connectivity index (χ1v) is 7.78. The lowest BCUT2D eigenvalue weighted by Gasteiger charge is -2.51. The molecule has 1 aliphatic rings. The van der Waals surface area contributed by atoms with E-state index < -0.39 is 12.0 Å². The van der Waals surface area contributed by atoms with Crippen LogP contribution in [0.4, 0.5) is 5.69 Å². The van der Waals surface area contributed by atoms with E-state index in [0.29, 0.717) is 5.92 Å². The number of para-hydroxylation sites is 1. The molecule has 1 aromatic rings. The summed E-state index contributed by atoms with van der Waals surface area (Å²) in [6, 6.07) is 5.81. The number of anilines is 1. The monoisotopic (exact) mass is 289 g/mol. The number of rotatable bonds is 3. The molecule has 1 N–H and O–H groups in total. The maximum atomic E-state index is 11.9. The zero-order valence-corrected chi connectivity index (χ0v) is 14.0. The first-order valence-electron chi connectivity index (χ1n) is 7.78. The van der Waals surface area contributed by atoms with Crippen LogP contribution >= 0.6 is 0 Å². The van der Waals surface area contributed by atoms with Crippen molar-refractivity contribution in [3.05, 3.63) is 29.3 Å². The number of carboxylic acid groups (broad SMARTS) is 1. The Morgan fingerprint density at radius 2 is 2.00 bits per heavy atom. The van der Waals surface area contributed by atoms with Crippen molar-refractivity contribution in [3.63, 3.8) is 0 Å². The minimum absolute atomic E-state index is 0.0580. The van der Waals surface area contributed by atoms with E-state index in [-0.39, 0.29) is 11.5 Å². The predicted octanol–water partition coefficient (Wildman–Crippen LogP) is 4.20. The van der Waals surface area contributed by atoms with Gasteiger partial charge in [-0.2, -0.15) is 0 Å². The molecule has 0 fully saturated rings. The lowest BCUT2D eigenvalue weighted by Crippen LogP contribution is -2.58. The van der Waals surface area contributed by atoms with Crippen LogP contribution in [0.1, 0.15) is 58.1 Å². The van der Waals surface area contributed by atoms with Gasteiger partial charge in [0.05, 0.1) is 0 Å². The summed E-state index contributed by atoms with van der Waals surface area (Å²) in [5, 5.41) is 9.77. The Morgan fingerprint density at radius 1 is 1.38 bits per heavy atom. The van der Waals surface area contributed by atoms with Gasteiger partial charge in [0, 0.05) is 11.2 Å². The average Bonchev–Trinajstić information content (AvgIpc) is 2.33. The van der Waals surface area contributed by atoms with Crippen molar-refractivity contribution in [3.8, 4) is 0 Å². The molecular weight excluding hydrogens is 262 g/mol. The highest BCUT2D eigenvalue weighted by atomic mass is 16.4. The molecule has 1 heterocycles. The van der Waals surface area contributed by atoms with Gasteiger partial charge in [-0.15, -0.1) is 0 Å². The fourth-order valence-corrected chi connectivity index (χ4v) is 3.88. The van der Waals surface area contributed by atoms with Crippen molar-refractivity contribution in [1.82, 2.24) is 0 Å². The zero-order chi connectivity index (χ0) is 15.9. The van der Waals surface area contributed by atoms with Crippen molar-refractivity contribution in [2.45, 2.75) is 65.5 Å². The Kier molecular flexibility index (Phi) is 4.05. The van der Waals surface area contributed by atoms with Crippen LogP contribution in [0.15, 0.2) is 18.2 Å². The lowest BCUT2D eigenvalue weighted by molar-refractivity contribution is -0.140. The first kappa shape index (κ1) is 15.9. The van der Waals surface area contributed by atoms with Crippen molar-refractivity contribution in [1.29, 1.82) is 0 Å². The van der Waals surface area contributed by atoms with Gasteiger partial charge in [-0.3, -0.25) is 0 Å². The van der Waals surface area contributed by atoms with Gasteiger partial charge in [0.25, 0.3) is 0 Å². The van der Waals surface area contributed by atoms with Crippen LogP contribution in [-0.2, 0) is 4.79 Å². The van der Waals surface area contributed by atoms with Gasteiger partial charge in [0.15, 0.2) is 0 Å². The summed E-state index contributed by atoms with van der Waals surface area (Å²) in [5.74, 6) is -0.225. The third-order valence-electron chi connectivity index (χ3n) is 4.66. The van der Waals surface area contributed by atoms with E-state index in [9.17, 15) is 9.90 Å². The fourth-order valence-electron chi connectivity index (χ4n) is 3.88. The minimum atomic E-state index is -0.734. The standard InChI is InChI=1S/C18H27NO2/c1-11(2)15(17(20)21)19-16-12(3)8-7-9-14(16)13(4)10-18(19,5)6/h7-9,11,13,15H,10H2,1-6H3,(H,20,21)/t13-,15-/m1/s1. The van der Waals surface area contributed by atoms with Crippen LogP contribution in [0.2, 0.25) is 0 Å². The molecule has 0 aliphatic carbocycles. The first-order chi connectivity index (χ1) is 9.66. The number of fused-ring (bicyclic) bond motifs is 1. The smallest absolute Gasteiger partial charge is 0.326 e. The van der Waals surface area contributed by atoms with Gasteiger partial charge in [-0.05, 0) is 50.2 Å². The van der Waals surface area contributed by atoms with Crippen molar-refractivity contribution in [2.24, 2.45) is 5.92 Å². The van der Waals surface area contributed by atoms with E-state index in [4.69, 9.17) is 0 Å². The van der Waals surface area contributed by atoms with E-state index in [1.165, 1.54) is 11.1 Å². The normalized spacial score (nSPS) is 22.0. The van der Waals surface area contributed by atoms with Crippen LogP contribution in [-0.4, -0.2) is 22.7 Å². The highest BCUT2D eigenvalue weighted by molar-refractivity contribution is 5.81. The van der Waals surface area contributed by atoms with Crippen LogP contribution in [0, 0.1) is 12.8 Å². The summed E-state index contributed by atoms with van der Waals surface area (Å²) < 4.78 is 0. The highest BCUT2D eigenvalue weighted by Crippen LogP contribution is 2.46. The van der Waals surface area contributed by atoms with Crippen LogP contribution in [0.25, 0.3) is 0 Å². The Hall–Kier alpha value is -1.51. The lowest BCUT2D eigenvalue weighted by atomic mass is 9.77. The van der Waals surface area contributed by atoms with Gasteiger partial charge < -0.3 is 10.0 Å². The maximum Gasteiger partial charge on any atom is 0.326 e.